The first-order chi connectivity index (χ1) is 9.78. The molecule has 0 atom stereocenters. The summed E-state index contributed by atoms with van der Waals surface area (Å²) in [5.41, 5.74) is 2.00. The third kappa shape index (κ3) is 4.82. The van der Waals surface area contributed by atoms with Crippen molar-refractivity contribution in [3.63, 3.8) is 0 Å². The maximum atomic E-state index is 8.64. The highest BCUT2D eigenvalue weighted by Gasteiger charge is 2.12. The Labute approximate surface area is 126 Å². The van der Waals surface area contributed by atoms with Crippen LogP contribution in [0.1, 0.15) is 44.1 Å². The minimum atomic E-state index is 0.449. The van der Waals surface area contributed by atoms with Crippen molar-refractivity contribution in [1.82, 2.24) is 5.32 Å². The molecule has 1 aliphatic carbocycles. The fourth-order valence-corrected chi connectivity index (χ4v) is 2.86. The number of hydrogen-bond donors (Lipinski definition) is 2. The molecular weight excluding hydrogens is 266 g/mol. The number of rotatable bonds is 3. The van der Waals surface area contributed by atoms with Gasteiger partial charge in [0, 0.05) is 11.7 Å². The first-order valence-electron chi connectivity index (χ1n) is 7.31. The van der Waals surface area contributed by atoms with Crippen molar-refractivity contribution in [3.8, 4) is 6.07 Å². The SMILES string of the molecule is N#CCc1ccc(NC(=S)NC2CCCCCC2)cc1. The van der Waals surface area contributed by atoms with Gasteiger partial charge in [-0.05, 0) is 42.8 Å². The van der Waals surface area contributed by atoms with E-state index in [1.54, 1.807) is 0 Å². The van der Waals surface area contributed by atoms with Gasteiger partial charge in [0.05, 0.1) is 12.5 Å². The van der Waals surface area contributed by atoms with Crippen LogP contribution in [-0.4, -0.2) is 11.2 Å². The van der Waals surface area contributed by atoms with Crippen LogP contribution in [0.2, 0.25) is 0 Å². The van der Waals surface area contributed by atoms with Crippen LogP contribution < -0.4 is 10.6 Å². The van der Waals surface area contributed by atoms with Gasteiger partial charge in [-0.3, -0.25) is 0 Å². The summed E-state index contributed by atoms with van der Waals surface area (Å²) in [5, 5.41) is 16.0. The molecule has 0 radical (unpaired) electrons. The molecule has 0 amide bonds. The van der Waals surface area contributed by atoms with E-state index < -0.39 is 0 Å². The van der Waals surface area contributed by atoms with Crippen LogP contribution >= 0.6 is 12.2 Å². The lowest BCUT2D eigenvalue weighted by Crippen LogP contribution is -2.37. The van der Waals surface area contributed by atoms with E-state index in [9.17, 15) is 0 Å². The standard InChI is InChI=1S/C16H21N3S/c17-12-11-13-7-9-15(10-8-13)19-16(20)18-14-5-3-1-2-4-6-14/h7-10,14H,1-6,11H2,(H2,18,19,20). The fraction of sp³-hybridized carbons (Fsp3) is 0.500. The second-order valence-corrected chi connectivity index (χ2v) is 5.73. The molecule has 1 aliphatic rings. The first-order valence-corrected chi connectivity index (χ1v) is 7.72. The summed E-state index contributed by atoms with van der Waals surface area (Å²) < 4.78 is 0. The molecule has 0 aliphatic heterocycles. The molecule has 0 saturated heterocycles. The molecule has 1 saturated carbocycles. The van der Waals surface area contributed by atoms with E-state index in [4.69, 9.17) is 17.5 Å². The molecule has 0 bridgehead atoms. The summed E-state index contributed by atoms with van der Waals surface area (Å²) in [4.78, 5) is 0. The summed E-state index contributed by atoms with van der Waals surface area (Å²) >= 11 is 5.37. The van der Waals surface area contributed by atoms with E-state index in [1.165, 1.54) is 38.5 Å². The van der Waals surface area contributed by atoms with E-state index in [2.05, 4.69) is 16.7 Å². The van der Waals surface area contributed by atoms with Gasteiger partial charge in [0.15, 0.2) is 5.11 Å². The number of nitrogens with zero attached hydrogens (tertiary/aromatic N) is 1. The van der Waals surface area contributed by atoms with Crippen molar-refractivity contribution in [2.24, 2.45) is 0 Å². The Bertz CT molecular complexity index is 467. The van der Waals surface area contributed by atoms with Gasteiger partial charge in [0.1, 0.15) is 0 Å². The Morgan fingerprint density at radius 3 is 2.40 bits per heavy atom. The van der Waals surface area contributed by atoms with Gasteiger partial charge in [0.2, 0.25) is 0 Å². The van der Waals surface area contributed by atoms with E-state index in [-0.39, 0.29) is 0 Å². The smallest absolute Gasteiger partial charge is 0.170 e. The van der Waals surface area contributed by atoms with Gasteiger partial charge >= 0.3 is 0 Å². The van der Waals surface area contributed by atoms with Gasteiger partial charge in [-0.15, -0.1) is 0 Å². The predicted octanol–water partition coefficient (Wildman–Crippen LogP) is 3.76. The molecule has 0 unspecified atom stereocenters. The number of nitrogens with one attached hydrogen (secondary N) is 2. The normalized spacial score (nSPS) is 15.9. The van der Waals surface area contributed by atoms with Gasteiger partial charge in [-0.25, -0.2) is 0 Å². The summed E-state index contributed by atoms with van der Waals surface area (Å²) in [7, 11) is 0. The van der Waals surface area contributed by atoms with Gasteiger partial charge in [-0.1, -0.05) is 37.8 Å². The number of hydrogen-bond acceptors (Lipinski definition) is 2. The largest absolute Gasteiger partial charge is 0.360 e. The van der Waals surface area contributed by atoms with Crippen LogP contribution in [0.3, 0.4) is 0 Å². The number of benzene rings is 1. The molecule has 3 nitrogen and oxygen atoms in total. The third-order valence-corrected chi connectivity index (χ3v) is 3.91. The molecule has 20 heavy (non-hydrogen) atoms. The van der Waals surface area contributed by atoms with Crippen molar-refractivity contribution in [1.29, 1.82) is 5.26 Å². The Morgan fingerprint density at radius 1 is 1.15 bits per heavy atom. The zero-order chi connectivity index (χ0) is 14.2. The van der Waals surface area contributed by atoms with Crippen LogP contribution in [0.4, 0.5) is 5.69 Å². The second-order valence-electron chi connectivity index (χ2n) is 5.32. The Morgan fingerprint density at radius 2 is 1.80 bits per heavy atom. The third-order valence-electron chi connectivity index (χ3n) is 3.69. The topological polar surface area (TPSA) is 47.9 Å². The van der Waals surface area contributed by atoms with E-state index >= 15 is 0 Å². The maximum Gasteiger partial charge on any atom is 0.170 e. The van der Waals surface area contributed by atoms with Gasteiger partial charge < -0.3 is 10.6 Å². The van der Waals surface area contributed by atoms with Crippen molar-refractivity contribution in [2.45, 2.75) is 51.0 Å². The number of anilines is 1. The summed E-state index contributed by atoms with van der Waals surface area (Å²) in [5.74, 6) is 0. The quantitative estimate of drug-likeness (QED) is 0.656. The lowest BCUT2D eigenvalue weighted by molar-refractivity contribution is 0.535. The van der Waals surface area contributed by atoms with Crippen molar-refractivity contribution >= 4 is 23.0 Å². The minimum absolute atomic E-state index is 0.449. The Kier molecular flexibility index (Phi) is 5.82. The molecular formula is C16H21N3S. The molecule has 106 valence electrons. The molecule has 2 N–H and O–H groups in total. The van der Waals surface area contributed by atoms with E-state index in [0.717, 1.165) is 11.3 Å². The Balaban J connectivity index is 1.82. The van der Waals surface area contributed by atoms with Crippen molar-refractivity contribution < 1.29 is 0 Å². The lowest BCUT2D eigenvalue weighted by atomic mass is 10.1. The molecule has 0 aromatic heterocycles. The summed E-state index contributed by atoms with van der Waals surface area (Å²) in [6.07, 6.45) is 8.15. The summed E-state index contributed by atoms with van der Waals surface area (Å²) in [6, 6.07) is 10.5. The van der Waals surface area contributed by atoms with Crippen molar-refractivity contribution in [3.05, 3.63) is 29.8 Å². The molecule has 0 spiro atoms. The number of nitriles is 1. The van der Waals surface area contributed by atoms with E-state index in [0.29, 0.717) is 17.6 Å². The zero-order valence-electron chi connectivity index (χ0n) is 11.7. The van der Waals surface area contributed by atoms with Crippen LogP contribution in [0.15, 0.2) is 24.3 Å². The maximum absolute atomic E-state index is 8.64. The molecule has 1 aromatic rings. The van der Waals surface area contributed by atoms with Crippen LogP contribution in [-0.2, 0) is 6.42 Å². The van der Waals surface area contributed by atoms with Crippen LogP contribution in [0.5, 0.6) is 0 Å². The first kappa shape index (κ1) is 14.8. The lowest BCUT2D eigenvalue weighted by Gasteiger charge is -2.19. The highest BCUT2D eigenvalue weighted by Crippen LogP contribution is 2.17. The molecule has 0 heterocycles. The molecule has 1 fully saturated rings. The van der Waals surface area contributed by atoms with Crippen LogP contribution in [0.25, 0.3) is 0 Å². The van der Waals surface area contributed by atoms with Crippen LogP contribution in [0, 0.1) is 11.3 Å². The molecule has 2 rings (SSSR count). The monoisotopic (exact) mass is 287 g/mol. The second kappa shape index (κ2) is 7.86. The fourth-order valence-electron chi connectivity index (χ4n) is 2.57. The number of thiocarbonyl (C=S) groups is 1. The molecule has 4 heteroatoms. The molecule has 1 aromatic carbocycles. The van der Waals surface area contributed by atoms with Gasteiger partial charge in [-0.2, -0.15) is 5.26 Å². The zero-order valence-corrected chi connectivity index (χ0v) is 12.5. The Hall–Kier alpha value is -1.60. The van der Waals surface area contributed by atoms with Crippen molar-refractivity contribution in [2.75, 3.05) is 5.32 Å². The highest BCUT2D eigenvalue weighted by atomic mass is 32.1. The predicted molar refractivity (Wildman–Crippen MR) is 86.6 cm³/mol. The average molecular weight is 287 g/mol. The summed E-state index contributed by atoms with van der Waals surface area (Å²) in [6.45, 7) is 0. The van der Waals surface area contributed by atoms with Gasteiger partial charge in [0.25, 0.3) is 0 Å². The average Bonchev–Trinajstić information content (AvgIpc) is 2.70. The van der Waals surface area contributed by atoms with E-state index in [1.807, 2.05) is 24.3 Å². The minimum Gasteiger partial charge on any atom is -0.360 e. The highest BCUT2D eigenvalue weighted by molar-refractivity contribution is 7.80.